The second-order valence-corrected chi connectivity index (χ2v) is 6.34. The molecule has 2 aromatic rings. The number of methoxy groups -OCH3 is 1. The van der Waals surface area contributed by atoms with E-state index in [1.807, 2.05) is 13.8 Å². The zero-order valence-electron chi connectivity index (χ0n) is 15.2. The molecule has 1 heterocycles. The third kappa shape index (κ3) is 4.86. The number of anilines is 2. The highest BCUT2D eigenvalue weighted by Crippen LogP contribution is 2.29. The standard InChI is InChI=1S/C19H24N2O4/c1-11(2)8-18(22)21-16-7-6-14(10-17(16)24-5)20-19(23)15-9-12(3)25-13(15)4/h6-7,9-11H,8H2,1-5H3,(H,20,23)(H,21,22). The van der Waals surface area contributed by atoms with Crippen LogP contribution in [0, 0.1) is 19.8 Å². The Labute approximate surface area is 147 Å². The van der Waals surface area contributed by atoms with Crippen LogP contribution in [0.2, 0.25) is 0 Å². The summed E-state index contributed by atoms with van der Waals surface area (Å²) in [7, 11) is 1.52. The zero-order valence-corrected chi connectivity index (χ0v) is 15.2. The lowest BCUT2D eigenvalue weighted by atomic mass is 10.1. The maximum absolute atomic E-state index is 12.4. The van der Waals surface area contributed by atoms with E-state index in [-0.39, 0.29) is 17.7 Å². The van der Waals surface area contributed by atoms with Gasteiger partial charge >= 0.3 is 0 Å². The third-order valence-electron chi connectivity index (χ3n) is 3.61. The van der Waals surface area contributed by atoms with Gasteiger partial charge in [0.1, 0.15) is 17.3 Å². The zero-order chi connectivity index (χ0) is 18.6. The summed E-state index contributed by atoms with van der Waals surface area (Å²) < 4.78 is 10.7. The fourth-order valence-electron chi connectivity index (χ4n) is 2.50. The first kappa shape index (κ1) is 18.6. The summed E-state index contributed by atoms with van der Waals surface area (Å²) in [5.74, 6) is 1.67. The smallest absolute Gasteiger partial charge is 0.259 e. The summed E-state index contributed by atoms with van der Waals surface area (Å²) in [6.07, 6.45) is 0.431. The van der Waals surface area contributed by atoms with Crippen molar-refractivity contribution in [3.8, 4) is 5.75 Å². The number of amides is 2. The molecule has 0 bridgehead atoms. The molecule has 2 N–H and O–H groups in total. The van der Waals surface area contributed by atoms with Crippen molar-refractivity contribution in [1.29, 1.82) is 0 Å². The van der Waals surface area contributed by atoms with Gasteiger partial charge in [0, 0.05) is 18.2 Å². The molecule has 6 heteroatoms. The quantitative estimate of drug-likeness (QED) is 0.825. The number of rotatable bonds is 6. The van der Waals surface area contributed by atoms with Crippen LogP contribution in [-0.4, -0.2) is 18.9 Å². The molecular formula is C19H24N2O4. The molecule has 0 aliphatic carbocycles. The van der Waals surface area contributed by atoms with E-state index >= 15 is 0 Å². The van der Waals surface area contributed by atoms with Crippen molar-refractivity contribution < 1.29 is 18.7 Å². The van der Waals surface area contributed by atoms with E-state index < -0.39 is 0 Å². The van der Waals surface area contributed by atoms with Gasteiger partial charge in [-0.15, -0.1) is 0 Å². The van der Waals surface area contributed by atoms with Crippen LogP contribution in [-0.2, 0) is 4.79 Å². The summed E-state index contributed by atoms with van der Waals surface area (Å²) in [6, 6.07) is 6.79. The number of hydrogen-bond donors (Lipinski definition) is 2. The van der Waals surface area contributed by atoms with E-state index in [1.54, 1.807) is 38.1 Å². The summed E-state index contributed by atoms with van der Waals surface area (Å²) >= 11 is 0. The Hall–Kier alpha value is -2.76. The molecule has 0 unspecified atom stereocenters. The average Bonchev–Trinajstić information content (AvgIpc) is 2.86. The van der Waals surface area contributed by atoms with Crippen LogP contribution in [0.15, 0.2) is 28.7 Å². The van der Waals surface area contributed by atoms with Crippen LogP contribution in [0.25, 0.3) is 0 Å². The summed E-state index contributed by atoms with van der Waals surface area (Å²) in [5.41, 5.74) is 1.63. The lowest BCUT2D eigenvalue weighted by molar-refractivity contribution is -0.116. The van der Waals surface area contributed by atoms with Gasteiger partial charge < -0.3 is 19.8 Å². The molecule has 0 radical (unpaired) electrons. The molecule has 1 aromatic carbocycles. The first-order chi connectivity index (χ1) is 11.8. The monoisotopic (exact) mass is 344 g/mol. The van der Waals surface area contributed by atoms with Crippen molar-refractivity contribution >= 4 is 23.2 Å². The predicted molar refractivity (Wildman–Crippen MR) is 97.2 cm³/mol. The minimum Gasteiger partial charge on any atom is -0.494 e. The first-order valence-electron chi connectivity index (χ1n) is 8.16. The molecule has 0 saturated heterocycles. The van der Waals surface area contributed by atoms with Crippen LogP contribution in [0.5, 0.6) is 5.75 Å². The molecule has 0 spiro atoms. The number of aryl methyl sites for hydroxylation is 2. The highest BCUT2D eigenvalue weighted by atomic mass is 16.5. The van der Waals surface area contributed by atoms with Crippen LogP contribution >= 0.6 is 0 Å². The maximum Gasteiger partial charge on any atom is 0.259 e. The van der Waals surface area contributed by atoms with Crippen molar-refractivity contribution in [1.82, 2.24) is 0 Å². The third-order valence-corrected chi connectivity index (χ3v) is 3.61. The van der Waals surface area contributed by atoms with E-state index in [0.717, 1.165) is 0 Å². The van der Waals surface area contributed by atoms with Crippen LogP contribution in [0.1, 0.15) is 42.1 Å². The van der Waals surface area contributed by atoms with Gasteiger partial charge in [-0.2, -0.15) is 0 Å². The van der Waals surface area contributed by atoms with Crippen LogP contribution in [0.4, 0.5) is 11.4 Å². The van der Waals surface area contributed by atoms with Gasteiger partial charge in [0.25, 0.3) is 5.91 Å². The molecule has 0 atom stereocenters. The number of furan rings is 1. The van der Waals surface area contributed by atoms with Crippen LogP contribution < -0.4 is 15.4 Å². The molecule has 134 valence electrons. The Morgan fingerprint density at radius 1 is 1.16 bits per heavy atom. The van der Waals surface area contributed by atoms with E-state index in [9.17, 15) is 9.59 Å². The number of benzene rings is 1. The van der Waals surface area contributed by atoms with E-state index in [2.05, 4.69) is 10.6 Å². The highest BCUT2D eigenvalue weighted by molar-refractivity contribution is 6.05. The van der Waals surface area contributed by atoms with Gasteiger partial charge in [0.15, 0.2) is 0 Å². The van der Waals surface area contributed by atoms with E-state index in [4.69, 9.17) is 9.15 Å². The van der Waals surface area contributed by atoms with Crippen molar-refractivity contribution in [3.63, 3.8) is 0 Å². The molecule has 0 fully saturated rings. The molecule has 1 aromatic heterocycles. The molecular weight excluding hydrogens is 320 g/mol. The molecule has 0 aliphatic heterocycles. The minimum atomic E-state index is -0.256. The fourth-order valence-corrected chi connectivity index (χ4v) is 2.50. The fraction of sp³-hybridized carbons (Fsp3) is 0.368. The van der Waals surface area contributed by atoms with Crippen molar-refractivity contribution in [2.45, 2.75) is 34.1 Å². The van der Waals surface area contributed by atoms with E-state index in [1.165, 1.54) is 7.11 Å². The lowest BCUT2D eigenvalue weighted by Gasteiger charge is -2.13. The Bertz CT molecular complexity index is 778. The predicted octanol–water partition coefficient (Wildman–Crippen LogP) is 4.14. The average molecular weight is 344 g/mol. The SMILES string of the molecule is COc1cc(NC(=O)c2cc(C)oc2C)ccc1NC(=O)CC(C)C. The number of carbonyl (C=O) groups excluding carboxylic acids is 2. The Kier molecular flexibility index (Phi) is 5.85. The lowest BCUT2D eigenvalue weighted by Crippen LogP contribution is -2.15. The van der Waals surface area contributed by atoms with Crippen molar-refractivity contribution in [2.75, 3.05) is 17.7 Å². The van der Waals surface area contributed by atoms with Gasteiger partial charge in [-0.05, 0) is 38.0 Å². The van der Waals surface area contributed by atoms with Gasteiger partial charge in [-0.25, -0.2) is 0 Å². The highest BCUT2D eigenvalue weighted by Gasteiger charge is 2.15. The second-order valence-electron chi connectivity index (χ2n) is 6.34. The number of ether oxygens (including phenoxy) is 1. The molecule has 6 nitrogen and oxygen atoms in total. The summed E-state index contributed by atoms with van der Waals surface area (Å²) in [6.45, 7) is 7.50. The van der Waals surface area contributed by atoms with Gasteiger partial charge in [-0.3, -0.25) is 9.59 Å². The number of nitrogens with one attached hydrogen (secondary N) is 2. The second kappa shape index (κ2) is 7.88. The van der Waals surface area contributed by atoms with Gasteiger partial charge in [0.2, 0.25) is 5.91 Å². The molecule has 25 heavy (non-hydrogen) atoms. The summed E-state index contributed by atoms with van der Waals surface area (Å²) in [5, 5.41) is 5.63. The van der Waals surface area contributed by atoms with E-state index in [0.29, 0.717) is 40.6 Å². The molecule has 2 rings (SSSR count). The number of carbonyl (C=O) groups is 2. The first-order valence-corrected chi connectivity index (χ1v) is 8.16. The number of hydrogen-bond acceptors (Lipinski definition) is 4. The summed E-state index contributed by atoms with van der Waals surface area (Å²) in [4.78, 5) is 24.3. The van der Waals surface area contributed by atoms with Crippen molar-refractivity contribution in [3.05, 3.63) is 41.3 Å². The molecule has 2 amide bonds. The van der Waals surface area contributed by atoms with Gasteiger partial charge in [-0.1, -0.05) is 13.8 Å². The van der Waals surface area contributed by atoms with Crippen LogP contribution in [0.3, 0.4) is 0 Å². The normalized spacial score (nSPS) is 10.6. The van der Waals surface area contributed by atoms with Crippen molar-refractivity contribution in [2.24, 2.45) is 5.92 Å². The minimum absolute atomic E-state index is 0.0745. The molecule has 0 saturated carbocycles. The molecule has 0 aliphatic rings. The Morgan fingerprint density at radius 3 is 2.44 bits per heavy atom. The Balaban J connectivity index is 2.14. The topological polar surface area (TPSA) is 80.6 Å². The van der Waals surface area contributed by atoms with Gasteiger partial charge in [0.05, 0.1) is 18.4 Å². The maximum atomic E-state index is 12.4. The largest absolute Gasteiger partial charge is 0.494 e. The Morgan fingerprint density at radius 2 is 1.88 bits per heavy atom.